The van der Waals surface area contributed by atoms with Gasteiger partial charge in [0.1, 0.15) is 11.2 Å². The molecule has 132 valence electrons. The molecule has 1 saturated heterocycles. The number of carboxylic acid groups (broad SMARTS) is 1. The third-order valence-electron chi connectivity index (χ3n) is 4.45. The highest BCUT2D eigenvalue weighted by Crippen LogP contribution is 2.32. The van der Waals surface area contributed by atoms with Crippen LogP contribution in [0, 0.1) is 12.3 Å². The van der Waals surface area contributed by atoms with Crippen LogP contribution in [-0.2, 0) is 9.53 Å². The van der Waals surface area contributed by atoms with Crippen LogP contribution in [0.1, 0.15) is 54.5 Å². The second-order valence-electron chi connectivity index (χ2n) is 6.72. The van der Waals surface area contributed by atoms with Crippen LogP contribution in [0.5, 0.6) is 0 Å². The maximum absolute atomic E-state index is 13.0. The highest BCUT2D eigenvalue weighted by Gasteiger charge is 2.44. The number of aryl methyl sites for hydroxylation is 1. The molecule has 0 radical (unpaired) electrons. The van der Waals surface area contributed by atoms with Gasteiger partial charge < -0.3 is 14.7 Å². The Labute approximate surface area is 142 Å². The number of amides is 1. The second-order valence-corrected chi connectivity index (χ2v) is 6.72. The quantitative estimate of drug-likeness (QED) is 0.883. The number of hydrogen-bond donors (Lipinski definition) is 1. The molecule has 1 aromatic rings. The van der Waals surface area contributed by atoms with Crippen molar-refractivity contribution in [2.45, 2.75) is 39.5 Å². The van der Waals surface area contributed by atoms with Crippen molar-refractivity contribution < 1.29 is 19.4 Å². The topological polar surface area (TPSA) is 92.6 Å². The molecule has 7 nitrogen and oxygen atoms in total. The average Bonchev–Trinajstić information content (AvgIpc) is 2.54. The molecule has 7 heteroatoms. The number of ether oxygens (including phenoxy) is 1. The first-order valence-electron chi connectivity index (χ1n) is 8.16. The average molecular weight is 335 g/mol. The van der Waals surface area contributed by atoms with E-state index in [-0.39, 0.29) is 25.0 Å². The summed E-state index contributed by atoms with van der Waals surface area (Å²) in [5.74, 6) is -0.432. The van der Waals surface area contributed by atoms with Crippen molar-refractivity contribution in [1.29, 1.82) is 0 Å². The van der Waals surface area contributed by atoms with E-state index in [1.807, 2.05) is 13.8 Å². The number of likely N-dealkylation sites (tertiary alicyclic amines) is 1. The number of methoxy groups -OCH3 is 1. The lowest BCUT2D eigenvalue weighted by atomic mass is 9.80. The van der Waals surface area contributed by atoms with Gasteiger partial charge in [-0.05, 0) is 25.7 Å². The maximum atomic E-state index is 13.0. The predicted molar refractivity (Wildman–Crippen MR) is 87.9 cm³/mol. The van der Waals surface area contributed by atoms with Gasteiger partial charge in [-0.15, -0.1) is 0 Å². The molecule has 1 amide bonds. The SMILES string of the molecule is COC[C@@]1(C(=O)O)CCCN(C(=O)c2cnc(C)nc2C(C)C)C1. The summed E-state index contributed by atoms with van der Waals surface area (Å²) in [4.78, 5) is 34.8. The van der Waals surface area contributed by atoms with Crippen molar-refractivity contribution in [2.75, 3.05) is 26.8 Å². The van der Waals surface area contributed by atoms with E-state index < -0.39 is 11.4 Å². The van der Waals surface area contributed by atoms with Gasteiger partial charge in [-0.25, -0.2) is 9.97 Å². The van der Waals surface area contributed by atoms with Crippen LogP contribution in [0.2, 0.25) is 0 Å². The molecule has 24 heavy (non-hydrogen) atoms. The molecule has 0 saturated carbocycles. The third kappa shape index (κ3) is 3.56. The van der Waals surface area contributed by atoms with Crippen LogP contribution < -0.4 is 0 Å². The van der Waals surface area contributed by atoms with E-state index in [0.717, 1.165) is 0 Å². The first-order valence-corrected chi connectivity index (χ1v) is 8.16. The van der Waals surface area contributed by atoms with E-state index in [2.05, 4.69) is 9.97 Å². The molecule has 1 fully saturated rings. The highest BCUT2D eigenvalue weighted by atomic mass is 16.5. The van der Waals surface area contributed by atoms with Gasteiger partial charge in [0.05, 0.1) is 17.9 Å². The van der Waals surface area contributed by atoms with Crippen molar-refractivity contribution in [1.82, 2.24) is 14.9 Å². The van der Waals surface area contributed by atoms with Crippen LogP contribution in [0.3, 0.4) is 0 Å². The third-order valence-corrected chi connectivity index (χ3v) is 4.45. The summed E-state index contributed by atoms with van der Waals surface area (Å²) in [6, 6.07) is 0. The van der Waals surface area contributed by atoms with Gasteiger partial charge in [0, 0.05) is 26.4 Å². The van der Waals surface area contributed by atoms with Crippen LogP contribution >= 0.6 is 0 Å². The van der Waals surface area contributed by atoms with E-state index in [1.165, 1.54) is 7.11 Å². The number of aromatic nitrogens is 2. The number of carboxylic acids is 1. The number of carbonyl (C=O) groups is 2. The van der Waals surface area contributed by atoms with Crippen molar-refractivity contribution >= 4 is 11.9 Å². The zero-order valence-electron chi connectivity index (χ0n) is 14.7. The van der Waals surface area contributed by atoms with Crippen molar-refractivity contribution in [3.05, 3.63) is 23.3 Å². The largest absolute Gasteiger partial charge is 0.481 e. The molecule has 0 bridgehead atoms. The monoisotopic (exact) mass is 335 g/mol. The van der Waals surface area contributed by atoms with Crippen molar-refractivity contribution in [2.24, 2.45) is 5.41 Å². The molecule has 0 unspecified atom stereocenters. The Morgan fingerprint density at radius 3 is 2.75 bits per heavy atom. The van der Waals surface area contributed by atoms with E-state index in [1.54, 1.807) is 18.0 Å². The number of aliphatic carboxylic acids is 1. The van der Waals surface area contributed by atoms with Gasteiger partial charge in [-0.3, -0.25) is 9.59 Å². The molecule has 2 rings (SSSR count). The Morgan fingerprint density at radius 2 is 2.17 bits per heavy atom. The molecule has 1 aromatic heterocycles. The Hall–Kier alpha value is -2.02. The van der Waals surface area contributed by atoms with Gasteiger partial charge in [-0.2, -0.15) is 0 Å². The number of nitrogens with zero attached hydrogens (tertiary/aromatic N) is 3. The van der Waals surface area contributed by atoms with Gasteiger partial charge >= 0.3 is 5.97 Å². The molecule has 1 atom stereocenters. The van der Waals surface area contributed by atoms with E-state index in [4.69, 9.17) is 4.74 Å². The number of piperidine rings is 1. The second kappa shape index (κ2) is 7.25. The summed E-state index contributed by atoms with van der Waals surface area (Å²) in [5, 5.41) is 9.63. The number of hydrogen-bond acceptors (Lipinski definition) is 5. The standard InChI is InChI=1S/C17H25N3O4/c1-11(2)14-13(8-18-12(3)19-14)15(21)20-7-5-6-17(9-20,10-24-4)16(22)23/h8,11H,5-7,9-10H2,1-4H3,(H,22,23)/t17-/m1/s1. The van der Waals surface area contributed by atoms with Crippen LogP contribution in [-0.4, -0.2) is 58.7 Å². The van der Waals surface area contributed by atoms with Gasteiger partial charge in [-0.1, -0.05) is 13.8 Å². The Balaban J connectivity index is 2.31. The van der Waals surface area contributed by atoms with E-state index >= 15 is 0 Å². The first kappa shape index (κ1) is 18.3. The first-order chi connectivity index (χ1) is 11.3. The molecule has 1 aliphatic rings. The van der Waals surface area contributed by atoms with Gasteiger partial charge in [0.15, 0.2) is 0 Å². The maximum Gasteiger partial charge on any atom is 0.313 e. The Bertz CT molecular complexity index is 628. The Morgan fingerprint density at radius 1 is 1.46 bits per heavy atom. The molecule has 0 aromatic carbocycles. The molecule has 1 N–H and O–H groups in total. The molecular weight excluding hydrogens is 310 g/mol. The number of carbonyl (C=O) groups excluding carboxylic acids is 1. The lowest BCUT2D eigenvalue weighted by Gasteiger charge is -2.39. The van der Waals surface area contributed by atoms with E-state index in [0.29, 0.717) is 36.5 Å². The molecule has 1 aliphatic heterocycles. The van der Waals surface area contributed by atoms with E-state index in [9.17, 15) is 14.7 Å². The van der Waals surface area contributed by atoms with Crippen LogP contribution in [0.4, 0.5) is 0 Å². The van der Waals surface area contributed by atoms with Gasteiger partial charge in [0.25, 0.3) is 5.91 Å². The lowest BCUT2D eigenvalue weighted by Crippen LogP contribution is -2.52. The van der Waals surface area contributed by atoms with Crippen LogP contribution in [0.15, 0.2) is 6.20 Å². The minimum absolute atomic E-state index is 0.0821. The summed E-state index contributed by atoms with van der Waals surface area (Å²) in [6.07, 6.45) is 2.68. The fourth-order valence-corrected chi connectivity index (χ4v) is 3.20. The summed E-state index contributed by atoms with van der Waals surface area (Å²) >= 11 is 0. The summed E-state index contributed by atoms with van der Waals surface area (Å²) < 4.78 is 5.11. The Kier molecular flexibility index (Phi) is 5.54. The van der Waals surface area contributed by atoms with Crippen molar-refractivity contribution in [3.63, 3.8) is 0 Å². The van der Waals surface area contributed by atoms with Crippen LogP contribution in [0.25, 0.3) is 0 Å². The zero-order valence-corrected chi connectivity index (χ0v) is 14.7. The normalized spacial score (nSPS) is 21.1. The van der Waals surface area contributed by atoms with Crippen molar-refractivity contribution in [3.8, 4) is 0 Å². The number of rotatable bonds is 5. The summed E-state index contributed by atoms with van der Waals surface area (Å²) in [7, 11) is 1.48. The fourth-order valence-electron chi connectivity index (χ4n) is 3.20. The molecule has 0 aliphatic carbocycles. The zero-order chi connectivity index (χ0) is 17.9. The summed E-state index contributed by atoms with van der Waals surface area (Å²) in [6.45, 7) is 6.49. The highest BCUT2D eigenvalue weighted by molar-refractivity contribution is 5.95. The minimum Gasteiger partial charge on any atom is -0.481 e. The predicted octanol–water partition coefficient (Wildman–Crippen LogP) is 1.86. The molecule has 0 spiro atoms. The summed E-state index contributed by atoms with van der Waals surface area (Å²) in [5.41, 5.74) is 0.103. The smallest absolute Gasteiger partial charge is 0.313 e. The molecule has 2 heterocycles. The minimum atomic E-state index is -1.05. The van der Waals surface area contributed by atoms with Gasteiger partial charge in [0.2, 0.25) is 0 Å². The molecular formula is C17H25N3O4. The fraction of sp³-hybridized carbons (Fsp3) is 0.647. The lowest BCUT2D eigenvalue weighted by molar-refractivity contribution is -0.155.